The van der Waals surface area contributed by atoms with E-state index in [0.717, 1.165) is 31.3 Å². The second kappa shape index (κ2) is 5.68. The van der Waals surface area contributed by atoms with E-state index in [0.29, 0.717) is 5.92 Å². The Balaban J connectivity index is 1.70. The number of hydrogen-bond acceptors (Lipinski definition) is 3. The third-order valence-electron chi connectivity index (χ3n) is 5.78. The smallest absolute Gasteiger partial charge is 0.131 e. The second-order valence-electron chi connectivity index (χ2n) is 7.42. The number of rotatable bonds is 2. The summed E-state index contributed by atoms with van der Waals surface area (Å²) in [4.78, 5) is 10.1. The van der Waals surface area contributed by atoms with Crippen LogP contribution in [-0.2, 0) is 13.0 Å². The third-order valence-corrected chi connectivity index (χ3v) is 5.78. The van der Waals surface area contributed by atoms with E-state index in [9.17, 15) is 0 Å². The summed E-state index contributed by atoms with van der Waals surface area (Å²) in [6, 6.07) is 0. The molecule has 2 saturated carbocycles. The molecular formula is C18H27N3. The standard InChI is InChI=1S/C18H27N3/c1-12-4-2-7-14(10-12)18-20-16-8-9-19-11-15(16)17(21-18)13-5-3-6-13/h12-14,19H,2-11H2,1H3. The second-order valence-corrected chi connectivity index (χ2v) is 7.42. The minimum Gasteiger partial charge on any atom is -0.312 e. The zero-order valence-electron chi connectivity index (χ0n) is 13.2. The van der Waals surface area contributed by atoms with Gasteiger partial charge in [-0.1, -0.05) is 26.2 Å². The minimum absolute atomic E-state index is 0.618. The van der Waals surface area contributed by atoms with Crippen LogP contribution in [-0.4, -0.2) is 16.5 Å². The Hall–Kier alpha value is -0.960. The lowest BCUT2D eigenvalue weighted by atomic mass is 9.79. The fraction of sp³-hybridized carbons (Fsp3) is 0.778. The molecule has 114 valence electrons. The minimum atomic E-state index is 0.618. The van der Waals surface area contributed by atoms with E-state index in [1.165, 1.54) is 67.7 Å². The molecule has 1 aromatic rings. The SMILES string of the molecule is CC1CCCC(c2nc3c(c(C4CCC4)n2)CNCC3)C1. The summed E-state index contributed by atoms with van der Waals surface area (Å²) >= 11 is 0. The van der Waals surface area contributed by atoms with Crippen molar-refractivity contribution in [3.05, 3.63) is 22.8 Å². The summed E-state index contributed by atoms with van der Waals surface area (Å²) < 4.78 is 0. The maximum atomic E-state index is 5.12. The molecule has 3 nitrogen and oxygen atoms in total. The molecule has 3 heteroatoms. The van der Waals surface area contributed by atoms with Crippen LogP contribution in [0, 0.1) is 5.92 Å². The summed E-state index contributed by atoms with van der Waals surface area (Å²) in [7, 11) is 0. The summed E-state index contributed by atoms with van der Waals surface area (Å²) in [5.74, 6) is 3.37. The molecule has 1 aliphatic heterocycles. The van der Waals surface area contributed by atoms with Crippen LogP contribution in [0.4, 0.5) is 0 Å². The van der Waals surface area contributed by atoms with Crippen LogP contribution in [0.15, 0.2) is 0 Å². The monoisotopic (exact) mass is 285 g/mol. The lowest BCUT2D eigenvalue weighted by molar-refractivity contribution is 0.331. The van der Waals surface area contributed by atoms with Gasteiger partial charge in [0.1, 0.15) is 5.82 Å². The Morgan fingerprint density at radius 3 is 2.57 bits per heavy atom. The molecule has 0 aromatic carbocycles. The Kier molecular flexibility index (Phi) is 3.70. The van der Waals surface area contributed by atoms with Gasteiger partial charge in [-0.15, -0.1) is 0 Å². The summed E-state index contributed by atoms with van der Waals surface area (Å²) in [6.45, 7) is 4.46. The van der Waals surface area contributed by atoms with E-state index in [2.05, 4.69) is 12.2 Å². The zero-order valence-corrected chi connectivity index (χ0v) is 13.2. The van der Waals surface area contributed by atoms with E-state index in [-0.39, 0.29) is 0 Å². The molecule has 0 amide bonds. The molecule has 0 bridgehead atoms. The highest BCUT2D eigenvalue weighted by molar-refractivity contribution is 5.32. The predicted molar refractivity (Wildman–Crippen MR) is 84.4 cm³/mol. The van der Waals surface area contributed by atoms with Crippen molar-refractivity contribution in [3.63, 3.8) is 0 Å². The highest BCUT2D eigenvalue weighted by Gasteiger charge is 2.30. The van der Waals surface area contributed by atoms with Crippen molar-refractivity contribution >= 4 is 0 Å². The van der Waals surface area contributed by atoms with Gasteiger partial charge in [-0.3, -0.25) is 0 Å². The molecule has 2 fully saturated rings. The van der Waals surface area contributed by atoms with Crippen LogP contribution in [0.3, 0.4) is 0 Å². The largest absolute Gasteiger partial charge is 0.312 e. The first-order valence-corrected chi connectivity index (χ1v) is 8.91. The molecule has 2 heterocycles. The average molecular weight is 285 g/mol. The number of nitrogens with one attached hydrogen (secondary N) is 1. The van der Waals surface area contributed by atoms with Gasteiger partial charge in [-0.05, 0) is 31.6 Å². The van der Waals surface area contributed by atoms with Gasteiger partial charge in [0.25, 0.3) is 0 Å². The van der Waals surface area contributed by atoms with Crippen molar-refractivity contribution in [2.75, 3.05) is 6.54 Å². The Morgan fingerprint density at radius 2 is 1.81 bits per heavy atom. The third kappa shape index (κ3) is 2.61. The number of fused-ring (bicyclic) bond motifs is 1. The lowest BCUT2D eigenvalue weighted by Gasteiger charge is -2.32. The van der Waals surface area contributed by atoms with E-state index in [1.807, 2.05) is 0 Å². The van der Waals surface area contributed by atoms with Crippen LogP contribution in [0.1, 0.15) is 86.5 Å². The zero-order chi connectivity index (χ0) is 14.2. The van der Waals surface area contributed by atoms with Gasteiger partial charge < -0.3 is 5.32 Å². The molecule has 0 spiro atoms. The molecule has 2 unspecified atom stereocenters. The molecule has 0 radical (unpaired) electrons. The lowest BCUT2D eigenvalue weighted by Crippen LogP contribution is -2.29. The average Bonchev–Trinajstić information content (AvgIpc) is 2.45. The molecular weight excluding hydrogens is 258 g/mol. The van der Waals surface area contributed by atoms with Gasteiger partial charge in [0.15, 0.2) is 0 Å². The maximum Gasteiger partial charge on any atom is 0.131 e. The number of hydrogen-bond donors (Lipinski definition) is 1. The van der Waals surface area contributed by atoms with E-state index < -0.39 is 0 Å². The maximum absolute atomic E-state index is 5.12. The van der Waals surface area contributed by atoms with Crippen LogP contribution >= 0.6 is 0 Å². The molecule has 0 saturated heterocycles. The molecule has 1 aromatic heterocycles. The van der Waals surface area contributed by atoms with Gasteiger partial charge >= 0.3 is 0 Å². The van der Waals surface area contributed by atoms with E-state index >= 15 is 0 Å². The Bertz CT molecular complexity index is 521. The molecule has 1 N–H and O–H groups in total. The number of aromatic nitrogens is 2. The van der Waals surface area contributed by atoms with Crippen molar-refractivity contribution in [2.24, 2.45) is 5.92 Å². The van der Waals surface area contributed by atoms with Crippen molar-refractivity contribution in [2.45, 2.75) is 76.7 Å². The first-order valence-electron chi connectivity index (χ1n) is 8.91. The van der Waals surface area contributed by atoms with E-state index in [4.69, 9.17) is 9.97 Å². The fourth-order valence-corrected chi connectivity index (χ4v) is 4.26. The molecule has 2 aliphatic carbocycles. The van der Waals surface area contributed by atoms with Crippen LogP contribution in [0.2, 0.25) is 0 Å². The fourth-order valence-electron chi connectivity index (χ4n) is 4.26. The van der Waals surface area contributed by atoms with Crippen LogP contribution < -0.4 is 5.32 Å². The van der Waals surface area contributed by atoms with Crippen LogP contribution in [0.5, 0.6) is 0 Å². The van der Waals surface area contributed by atoms with Gasteiger partial charge in [0, 0.05) is 36.9 Å². The summed E-state index contributed by atoms with van der Waals surface area (Å²) in [6.07, 6.45) is 10.5. The van der Waals surface area contributed by atoms with E-state index in [1.54, 1.807) is 0 Å². The Labute approximate surface area is 128 Å². The van der Waals surface area contributed by atoms with Gasteiger partial charge in [0.2, 0.25) is 0 Å². The topological polar surface area (TPSA) is 37.8 Å². The van der Waals surface area contributed by atoms with Crippen molar-refractivity contribution < 1.29 is 0 Å². The highest BCUT2D eigenvalue weighted by Crippen LogP contribution is 2.40. The number of nitrogens with zero attached hydrogens (tertiary/aromatic N) is 2. The molecule has 4 rings (SSSR count). The van der Waals surface area contributed by atoms with Crippen molar-refractivity contribution in [3.8, 4) is 0 Å². The predicted octanol–water partition coefficient (Wildman–Crippen LogP) is 3.68. The van der Waals surface area contributed by atoms with Crippen molar-refractivity contribution in [1.82, 2.24) is 15.3 Å². The summed E-state index contributed by atoms with van der Waals surface area (Å²) in [5.41, 5.74) is 4.21. The summed E-state index contributed by atoms with van der Waals surface area (Å²) in [5, 5.41) is 3.51. The van der Waals surface area contributed by atoms with Crippen molar-refractivity contribution in [1.29, 1.82) is 0 Å². The first-order chi connectivity index (χ1) is 10.3. The van der Waals surface area contributed by atoms with Gasteiger partial charge in [-0.25, -0.2) is 9.97 Å². The Morgan fingerprint density at radius 1 is 1.00 bits per heavy atom. The van der Waals surface area contributed by atoms with Gasteiger partial charge in [0.05, 0.1) is 11.4 Å². The molecule has 2 atom stereocenters. The molecule has 3 aliphatic rings. The van der Waals surface area contributed by atoms with Gasteiger partial charge in [-0.2, -0.15) is 0 Å². The quantitative estimate of drug-likeness (QED) is 0.900. The van der Waals surface area contributed by atoms with Crippen LogP contribution in [0.25, 0.3) is 0 Å². The first kappa shape index (κ1) is 13.7. The normalized spacial score (nSPS) is 29.8. The molecule has 21 heavy (non-hydrogen) atoms. The highest BCUT2D eigenvalue weighted by atomic mass is 15.0.